The van der Waals surface area contributed by atoms with Gasteiger partial charge in [-0.1, -0.05) is 243 Å². The zero-order valence-electron chi connectivity index (χ0n) is 41.5. The van der Waals surface area contributed by atoms with E-state index in [0.29, 0.717) is 5.92 Å². The van der Waals surface area contributed by atoms with Gasteiger partial charge in [-0.15, -0.1) is 0 Å². The van der Waals surface area contributed by atoms with Crippen LogP contribution in [0.25, 0.3) is 61.4 Å². The molecule has 71 heavy (non-hydrogen) atoms. The van der Waals surface area contributed by atoms with E-state index >= 15 is 0 Å². The van der Waals surface area contributed by atoms with Crippen molar-refractivity contribution in [3.05, 3.63) is 292 Å². The average molecular weight is 914 g/mol. The molecule has 1 nitrogen and oxygen atoms in total. The third-order valence-corrected chi connectivity index (χ3v) is 16.1. The Balaban J connectivity index is 0.000000345. The van der Waals surface area contributed by atoms with E-state index in [1.807, 2.05) is 6.07 Å². The van der Waals surface area contributed by atoms with Gasteiger partial charge in [0.25, 0.3) is 0 Å². The molecule has 1 aromatic heterocycles. The Morgan fingerprint density at radius 2 is 1.15 bits per heavy atom. The second-order valence-corrected chi connectivity index (χ2v) is 20.5. The summed E-state index contributed by atoms with van der Waals surface area (Å²) in [5, 5.41) is 2.57. The highest BCUT2D eigenvalue weighted by Gasteiger charge is 2.47. The van der Waals surface area contributed by atoms with Crippen molar-refractivity contribution in [2.24, 2.45) is 5.92 Å². The van der Waals surface area contributed by atoms with Crippen LogP contribution in [-0.4, -0.2) is 4.57 Å². The molecule has 0 bridgehead atoms. The minimum Gasteiger partial charge on any atom is -0.309 e. The molecule has 0 saturated heterocycles. The van der Waals surface area contributed by atoms with Gasteiger partial charge in [-0.3, -0.25) is 0 Å². The van der Waals surface area contributed by atoms with Gasteiger partial charge in [0.2, 0.25) is 0 Å². The summed E-state index contributed by atoms with van der Waals surface area (Å²) in [4.78, 5) is 0. The Bertz CT molecular complexity index is 3690. The van der Waals surface area contributed by atoms with Crippen molar-refractivity contribution in [1.82, 2.24) is 4.57 Å². The smallest absolute Gasteiger partial charge is 0.0714 e. The van der Waals surface area contributed by atoms with Crippen LogP contribution < -0.4 is 0 Å². The third-order valence-electron chi connectivity index (χ3n) is 16.1. The molecule has 0 amide bonds. The van der Waals surface area contributed by atoms with Crippen LogP contribution in [0.2, 0.25) is 0 Å². The molecule has 0 fully saturated rings. The molecule has 344 valence electrons. The Labute approximate surface area is 419 Å². The Kier molecular flexibility index (Phi) is 11.1. The van der Waals surface area contributed by atoms with Crippen LogP contribution in [0.4, 0.5) is 0 Å². The van der Waals surface area contributed by atoms with Gasteiger partial charge in [-0.2, -0.15) is 0 Å². The van der Waals surface area contributed by atoms with Gasteiger partial charge >= 0.3 is 0 Å². The second kappa shape index (κ2) is 17.8. The van der Waals surface area contributed by atoms with Crippen molar-refractivity contribution in [3.8, 4) is 27.9 Å². The van der Waals surface area contributed by atoms with Crippen LogP contribution in [0, 0.1) is 19.8 Å². The summed E-state index contributed by atoms with van der Waals surface area (Å²) in [5.74, 6) is 0.494. The molecule has 1 heteroatoms. The van der Waals surface area contributed by atoms with Gasteiger partial charge in [0.15, 0.2) is 0 Å². The zero-order valence-corrected chi connectivity index (χ0v) is 41.5. The summed E-state index contributed by atoms with van der Waals surface area (Å²) in [6.45, 7) is 11.4. The number of benzene rings is 9. The molecule has 0 N–H and O–H groups in total. The Hall–Kier alpha value is -8.00. The maximum atomic E-state index is 2.55. The number of rotatable bonds is 7. The summed E-state index contributed by atoms with van der Waals surface area (Å²) < 4.78 is 2.52. The normalized spacial score (nSPS) is 15.9. The van der Waals surface area contributed by atoms with Crippen molar-refractivity contribution in [2.75, 3.05) is 0 Å². The van der Waals surface area contributed by atoms with Crippen molar-refractivity contribution >= 4 is 33.5 Å². The molecule has 3 aliphatic carbocycles. The van der Waals surface area contributed by atoms with Crippen molar-refractivity contribution in [3.63, 3.8) is 0 Å². The van der Waals surface area contributed by atoms with Gasteiger partial charge < -0.3 is 4.57 Å². The molecule has 3 aliphatic rings. The highest BCUT2D eigenvalue weighted by atomic mass is 15.0. The minimum absolute atomic E-state index is 0.109. The SMILES string of the molecule is C/C=C\c1ccc2c3ccccc3n(-c3ccc4c(c3)C(c3ccccc3)(c3ccccc3)c3cc(CC5=CC=C6c7ccccc7C(C)(C)C6C5)ccc3-4)c2c1C.Cc1ccc(-c2ccccc2)cc1. The average Bonchev–Trinajstić information content (AvgIpc) is 3.99. The maximum absolute atomic E-state index is 2.55. The second-order valence-electron chi connectivity index (χ2n) is 20.5. The van der Waals surface area contributed by atoms with E-state index in [4.69, 9.17) is 0 Å². The molecular weight excluding hydrogens is 855 g/mol. The molecular formula is C70H59N. The summed E-state index contributed by atoms with van der Waals surface area (Å²) in [7, 11) is 0. The number of aryl methyl sites for hydroxylation is 2. The molecule has 0 radical (unpaired) electrons. The van der Waals surface area contributed by atoms with Crippen LogP contribution in [0.1, 0.15) is 82.8 Å². The van der Waals surface area contributed by atoms with Crippen LogP contribution in [0.5, 0.6) is 0 Å². The molecule has 13 rings (SSSR count). The molecule has 1 unspecified atom stereocenters. The minimum atomic E-state index is -0.508. The first kappa shape index (κ1) is 44.2. The van der Waals surface area contributed by atoms with Crippen LogP contribution in [-0.2, 0) is 17.3 Å². The van der Waals surface area contributed by atoms with Gasteiger partial charge in [-0.25, -0.2) is 0 Å². The summed E-state index contributed by atoms with van der Waals surface area (Å²) in [6.07, 6.45) is 11.3. The fourth-order valence-electron chi connectivity index (χ4n) is 12.6. The summed E-state index contributed by atoms with van der Waals surface area (Å²) in [6, 6.07) is 78.7. The number of allylic oxidation sites excluding steroid dienone is 5. The predicted molar refractivity (Wildman–Crippen MR) is 301 cm³/mol. The van der Waals surface area contributed by atoms with E-state index < -0.39 is 5.41 Å². The first-order valence-corrected chi connectivity index (χ1v) is 25.4. The van der Waals surface area contributed by atoms with Crippen LogP contribution in [0.15, 0.2) is 236 Å². The molecule has 0 saturated carbocycles. The molecule has 0 aliphatic heterocycles. The lowest BCUT2D eigenvalue weighted by atomic mass is 9.67. The number of aromatic nitrogens is 1. The maximum Gasteiger partial charge on any atom is 0.0714 e. The molecule has 0 spiro atoms. The molecule has 10 aromatic rings. The van der Waals surface area contributed by atoms with Gasteiger partial charge in [0.1, 0.15) is 0 Å². The molecule has 9 aromatic carbocycles. The van der Waals surface area contributed by atoms with Crippen molar-refractivity contribution in [1.29, 1.82) is 0 Å². The monoisotopic (exact) mass is 913 g/mol. The van der Waals surface area contributed by atoms with E-state index in [1.165, 1.54) is 117 Å². The Morgan fingerprint density at radius 3 is 1.87 bits per heavy atom. The highest BCUT2D eigenvalue weighted by molar-refractivity contribution is 6.11. The van der Waals surface area contributed by atoms with E-state index in [2.05, 4.69) is 270 Å². The lowest BCUT2D eigenvalue weighted by Gasteiger charge is -2.34. The lowest BCUT2D eigenvalue weighted by molar-refractivity contribution is 0.406. The summed E-state index contributed by atoms with van der Waals surface area (Å²) >= 11 is 0. The number of para-hydroxylation sites is 1. The van der Waals surface area contributed by atoms with Gasteiger partial charge in [0, 0.05) is 16.5 Å². The summed E-state index contributed by atoms with van der Waals surface area (Å²) in [5.41, 5.74) is 24.9. The van der Waals surface area contributed by atoms with E-state index in [0.717, 1.165) is 12.8 Å². The lowest BCUT2D eigenvalue weighted by Crippen LogP contribution is -2.29. The van der Waals surface area contributed by atoms with Gasteiger partial charge in [0.05, 0.1) is 16.4 Å². The largest absolute Gasteiger partial charge is 0.309 e. The fraction of sp³-hybridized carbons (Fsp3) is 0.143. The molecule has 1 atom stereocenters. The first-order chi connectivity index (χ1) is 34.7. The fourth-order valence-corrected chi connectivity index (χ4v) is 12.6. The van der Waals surface area contributed by atoms with Crippen LogP contribution in [0.3, 0.4) is 0 Å². The first-order valence-electron chi connectivity index (χ1n) is 25.4. The number of hydrogen-bond acceptors (Lipinski definition) is 0. The topological polar surface area (TPSA) is 4.93 Å². The predicted octanol–water partition coefficient (Wildman–Crippen LogP) is 18.0. The van der Waals surface area contributed by atoms with Crippen molar-refractivity contribution in [2.45, 2.75) is 58.3 Å². The highest BCUT2D eigenvalue weighted by Crippen LogP contribution is 2.58. The molecule has 1 heterocycles. The van der Waals surface area contributed by atoms with Crippen LogP contribution >= 0.6 is 0 Å². The van der Waals surface area contributed by atoms with Crippen molar-refractivity contribution < 1.29 is 0 Å². The van der Waals surface area contributed by atoms with Gasteiger partial charge in [-0.05, 0) is 141 Å². The third kappa shape index (κ3) is 7.29. The van der Waals surface area contributed by atoms with E-state index in [1.54, 1.807) is 0 Å². The number of nitrogens with zero attached hydrogens (tertiary/aromatic N) is 1. The Morgan fingerprint density at radius 1 is 0.535 bits per heavy atom. The standard InChI is InChI=1S/C57H47N.C13H12/c1-5-16-40-27-31-49-48-22-13-15-24-54(48)58(55(49)37(40)2)43-28-32-47-46-30-26-39(33-38-25-29-45-44-21-12-14-23-50(44)56(3,4)51(45)34-38)35-52(46)57(53(47)36-43,41-17-8-6-9-18-41)42-19-10-7-11-20-42;1-11-7-9-13(10-8-11)12-5-3-2-4-6-12/h5-32,35-36,51H,33-34H2,1-4H3;2-10H,1H3/b16-5-;. The quantitative estimate of drug-likeness (QED) is 0.150. The van der Waals surface area contributed by atoms with E-state index in [9.17, 15) is 0 Å². The van der Waals surface area contributed by atoms with E-state index in [-0.39, 0.29) is 5.41 Å². The number of hydrogen-bond donors (Lipinski definition) is 0. The number of fused-ring (bicyclic) bond motifs is 9. The zero-order chi connectivity index (χ0) is 48.3.